The van der Waals surface area contributed by atoms with E-state index in [9.17, 15) is 36.2 Å². The van der Waals surface area contributed by atoms with Crippen LogP contribution in [0, 0.1) is 21.7 Å². The zero-order valence-electron chi connectivity index (χ0n) is 47.9. The summed E-state index contributed by atoms with van der Waals surface area (Å²) in [6, 6.07) is 0. The topological polar surface area (TPSA) is 212 Å². The van der Waals surface area contributed by atoms with Crippen LogP contribution in [0.5, 0.6) is 0 Å². The van der Waals surface area contributed by atoms with Crippen LogP contribution in [0.1, 0.15) is 53.4 Å². The standard InChI is InChI=1S/C50H94F8O23/c1-5-47(33-62-13-21-74-51,34-63-14-22-75-52)41-70-31-45(72-43-49(7-3,37-66-17-25-78-55)38-67-18-26-79-56)29-60-11-9-59-10-12-61-30-46(73-44-50(8-4,39-68-19-27-80-57)40-69-20-28-81-58)32-71-42-48(6-2,35-64-15-23-76-53)36-65-16-24-77-54/h45-46H,5-44H2,1-4H3. The Hall–Kier alpha value is -1.48. The first-order valence-corrected chi connectivity index (χ1v) is 27.2. The van der Waals surface area contributed by atoms with Crippen molar-refractivity contribution in [3.05, 3.63) is 0 Å². The van der Waals surface area contributed by atoms with Crippen molar-refractivity contribution in [1.29, 1.82) is 0 Å². The molecule has 23 nitrogen and oxygen atoms in total. The maximum atomic E-state index is 12.4. The molecule has 0 radical (unpaired) electrons. The number of rotatable bonds is 68. The first kappa shape index (κ1) is 79.5. The molecule has 0 saturated carbocycles. The molecule has 0 N–H and O–H groups in total. The molecule has 81 heavy (non-hydrogen) atoms. The molecule has 0 rings (SSSR count). The predicted octanol–water partition coefficient (Wildman–Crippen LogP) is 6.77. The fourth-order valence-electron chi connectivity index (χ4n) is 7.22. The molecule has 0 aliphatic rings. The van der Waals surface area contributed by atoms with Gasteiger partial charge in [-0.15, -0.1) is 0 Å². The van der Waals surface area contributed by atoms with Gasteiger partial charge in [0.25, 0.3) is 0 Å². The third kappa shape index (κ3) is 42.1. The monoisotopic (exact) mass is 1210 g/mol. The van der Waals surface area contributed by atoms with Crippen molar-refractivity contribution >= 4 is 0 Å². The van der Waals surface area contributed by atoms with Gasteiger partial charge >= 0.3 is 0 Å². The third-order valence-corrected chi connectivity index (χ3v) is 12.7. The lowest BCUT2D eigenvalue weighted by Crippen LogP contribution is -2.41. The third-order valence-electron chi connectivity index (χ3n) is 12.7. The Morgan fingerprint density at radius 3 is 0.593 bits per heavy atom. The highest BCUT2D eigenvalue weighted by atomic mass is 19.3. The molecule has 488 valence electrons. The van der Waals surface area contributed by atoms with E-state index in [-0.39, 0.29) is 238 Å². The number of ether oxygens (including phenoxy) is 15. The Morgan fingerprint density at radius 2 is 0.383 bits per heavy atom. The van der Waals surface area contributed by atoms with Gasteiger partial charge in [0.2, 0.25) is 0 Å². The molecule has 2 unspecified atom stereocenters. The highest BCUT2D eigenvalue weighted by Crippen LogP contribution is 2.29. The van der Waals surface area contributed by atoms with E-state index < -0.39 is 33.9 Å². The quantitative estimate of drug-likeness (QED) is 0.0454. The van der Waals surface area contributed by atoms with Gasteiger partial charge in [0, 0.05) is 21.7 Å². The first-order valence-electron chi connectivity index (χ1n) is 27.2. The number of hydrogen-bond acceptors (Lipinski definition) is 23. The molecule has 0 saturated heterocycles. The van der Waals surface area contributed by atoms with E-state index >= 15 is 0 Å². The predicted molar refractivity (Wildman–Crippen MR) is 268 cm³/mol. The van der Waals surface area contributed by atoms with E-state index in [0.717, 1.165) is 0 Å². The molecular formula is C50H94F8O23. The van der Waals surface area contributed by atoms with Crippen molar-refractivity contribution in [2.75, 3.05) is 238 Å². The number of halogens is 8. The van der Waals surface area contributed by atoms with Gasteiger partial charge in [-0.3, -0.25) is 0 Å². The normalized spacial score (nSPS) is 13.5. The van der Waals surface area contributed by atoms with Gasteiger partial charge in [-0.25, -0.2) is 0 Å². The summed E-state index contributed by atoms with van der Waals surface area (Å²) in [4.78, 5) is 29.1. The van der Waals surface area contributed by atoms with E-state index in [1.807, 2.05) is 27.7 Å². The van der Waals surface area contributed by atoms with Crippen LogP contribution >= 0.6 is 0 Å². The fraction of sp³-hybridized carbons (Fsp3) is 1.00. The molecule has 0 aliphatic carbocycles. The molecule has 0 heterocycles. The van der Waals surface area contributed by atoms with Crippen LogP contribution in [0.2, 0.25) is 0 Å². The number of hydrogen-bond donors (Lipinski definition) is 0. The lowest BCUT2D eigenvalue weighted by molar-refractivity contribution is -0.170. The molecule has 0 aromatic carbocycles. The molecule has 31 heteroatoms. The largest absolute Gasteiger partial charge is 0.378 e. The molecule has 0 spiro atoms. The molecule has 0 bridgehead atoms. The van der Waals surface area contributed by atoms with E-state index in [4.69, 9.17) is 71.1 Å². The summed E-state index contributed by atoms with van der Waals surface area (Å²) >= 11 is 0. The molecule has 2 atom stereocenters. The maximum Gasteiger partial charge on any atom is 0.111 e. The van der Waals surface area contributed by atoms with E-state index in [0.29, 0.717) is 25.7 Å². The van der Waals surface area contributed by atoms with E-state index in [2.05, 4.69) is 39.5 Å². The van der Waals surface area contributed by atoms with Crippen LogP contribution < -0.4 is 0 Å². The second-order valence-electron chi connectivity index (χ2n) is 19.0. The van der Waals surface area contributed by atoms with Crippen molar-refractivity contribution < 1.29 is 147 Å². The van der Waals surface area contributed by atoms with Crippen LogP contribution in [0.4, 0.5) is 36.2 Å². The summed E-state index contributed by atoms with van der Waals surface area (Å²) < 4.78 is 188. The second-order valence-corrected chi connectivity index (χ2v) is 19.0. The average Bonchev–Trinajstić information content (AvgIpc) is 3.49. The summed E-state index contributed by atoms with van der Waals surface area (Å²) in [7, 11) is 0. The van der Waals surface area contributed by atoms with Crippen molar-refractivity contribution in [1.82, 2.24) is 0 Å². The maximum absolute atomic E-state index is 12.4. The lowest BCUT2D eigenvalue weighted by Gasteiger charge is -2.35. The Bertz CT molecular complexity index is 1170. The summed E-state index contributed by atoms with van der Waals surface area (Å²) in [5, 5.41) is 0. The SMILES string of the molecule is CCC(COCCOF)(COCCOF)COCC(COCCOCCOCC(COCC(CC)(COCCOF)COCCOF)OCC(CC)(COCCOF)COCCOF)OCC(CC)(COCCOF)COCCOF. The minimum Gasteiger partial charge on any atom is -0.378 e. The van der Waals surface area contributed by atoms with Crippen LogP contribution in [-0.2, 0) is 111 Å². The molecular weight excluding hydrogens is 1120 g/mol. The van der Waals surface area contributed by atoms with Gasteiger partial charge < -0.3 is 71.1 Å². The highest BCUT2D eigenvalue weighted by Gasteiger charge is 2.35. The lowest BCUT2D eigenvalue weighted by atomic mass is 9.87. The van der Waals surface area contributed by atoms with E-state index in [1.54, 1.807) is 0 Å². The molecule has 0 aromatic rings. The Morgan fingerprint density at radius 1 is 0.210 bits per heavy atom. The molecule has 0 fully saturated rings. The van der Waals surface area contributed by atoms with Crippen molar-refractivity contribution in [2.24, 2.45) is 21.7 Å². The van der Waals surface area contributed by atoms with Gasteiger partial charge in [0.1, 0.15) is 65.1 Å². The van der Waals surface area contributed by atoms with Gasteiger partial charge in [0.15, 0.2) is 0 Å². The van der Waals surface area contributed by atoms with Crippen molar-refractivity contribution in [3.8, 4) is 0 Å². The summed E-state index contributed by atoms with van der Waals surface area (Å²) in [6.45, 7) is 6.07. The van der Waals surface area contributed by atoms with Gasteiger partial charge in [-0.2, -0.15) is 39.5 Å². The summed E-state index contributed by atoms with van der Waals surface area (Å²) in [5.74, 6) is 0. The zero-order valence-corrected chi connectivity index (χ0v) is 47.9. The van der Waals surface area contributed by atoms with Gasteiger partial charge in [-0.1, -0.05) is 27.7 Å². The Kier molecular flexibility index (Phi) is 55.3. The van der Waals surface area contributed by atoms with Crippen LogP contribution in [0.25, 0.3) is 0 Å². The first-order chi connectivity index (χ1) is 39.6. The fourth-order valence-corrected chi connectivity index (χ4v) is 7.22. The van der Waals surface area contributed by atoms with Crippen LogP contribution in [-0.4, -0.2) is 250 Å². The summed E-state index contributed by atoms with van der Waals surface area (Å²) in [6.07, 6.45) is 0.501. The van der Waals surface area contributed by atoms with Gasteiger partial charge in [-0.05, 0) is 61.9 Å². The average molecular weight is 1220 g/mol. The zero-order chi connectivity index (χ0) is 59.7. The molecule has 0 amide bonds. The van der Waals surface area contributed by atoms with Crippen LogP contribution in [0.15, 0.2) is 0 Å². The Balaban J connectivity index is 6.10. The molecule has 0 aromatic heterocycles. The van der Waals surface area contributed by atoms with Gasteiger partial charge in [0.05, 0.1) is 185 Å². The van der Waals surface area contributed by atoms with Crippen molar-refractivity contribution in [2.45, 2.75) is 65.6 Å². The molecule has 0 aliphatic heterocycles. The minimum atomic E-state index is -0.789. The van der Waals surface area contributed by atoms with E-state index in [1.165, 1.54) is 0 Å². The highest BCUT2D eigenvalue weighted by molar-refractivity contribution is 4.82. The smallest absolute Gasteiger partial charge is 0.111 e. The second kappa shape index (κ2) is 56.3. The minimum absolute atomic E-state index is 0.00807. The van der Waals surface area contributed by atoms with Crippen molar-refractivity contribution in [3.63, 3.8) is 0 Å². The summed E-state index contributed by atoms with van der Waals surface area (Å²) in [5.41, 5.74) is -3.08. The van der Waals surface area contributed by atoms with Crippen LogP contribution in [0.3, 0.4) is 0 Å². The Labute approximate surface area is 471 Å².